The molecule has 0 aromatic rings. The third-order valence-corrected chi connectivity index (χ3v) is 1.55. The molecule has 0 bridgehead atoms. The van der Waals surface area contributed by atoms with Crippen molar-refractivity contribution in [2.45, 2.75) is 6.10 Å². The molecule has 0 saturated heterocycles. The lowest BCUT2D eigenvalue weighted by Crippen LogP contribution is -2.32. The van der Waals surface area contributed by atoms with E-state index in [1.165, 1.54) is 0 Å². The number of rotatable bonds is 8. The summed E-state index contributed by atoms with van der Waals surface area (Å²) in [5, 5.41) is 25.2. The second-order valence-electron chi connectivity index (χ2n) is 2.95. The van der Waals surface area contributed by atoms with Gasteiger partial charge in [-0.3, -0.25) is 0 Å². The third-order valence-electron chi connectivity index (χ3n) is 1.55. The summed E-state index contributed by atoms with van der Waals surface area (Å²) in [6.45, 7) is -3.50. The Bertz CT molecular complexity index is 268. The number of aliphatic hydroxyl groups is 3. The summed E-state index contributed by atoms with van der Waals surface area (Å²) in [6.07, 6.45) is -1.13. The molecule has 0 aliphatic carbocycles. The van der Waals surface area contributed by atoms with Gasteiger partial charge in [-0.05, 0) is 0 Å². The van der Waals surface area contributed by atoms with E-state index in [0.29, 0.717) is 0 Å². The maximum absolute atomic E-state index is 10.8. The highest BCUT2D eigenvalue weighted by Crippen LogP contribution is 1.97. The van der Waals surface area contributed by atoms with Crippen LogP contribution in [0.25, 0.3) is 0 Å². The van der Waals surface area contributed by atoms with Crippen LogP contribution < -0.4 is 0 Å². The van der Waals surface area contributed by atoms with Crippen LogP contribution in [0.2, 0.25) is 0 Å². The Kier molecular flexibility index (Phi) is 8.45. The minimum Gasteiger partial charge on any atom is -0.460 e. The Hall–Kier alpha value is -1.71. The second kappa shape index (κ2) is 9.33. The number of esters is 3. The number of hydrogen-bond donors (Lipinski definition) is 3. The highest BCUT2D eigenvalue weighted by molar-refractivity contribution is 5.72. The summed E-state index contributed by atoms with van der Waals surface area (Å²) in [5.41, 5.74) is 0. The lowest BCUT2D eigenvalue weighted by molar-refractivity contribution is -0.170. The monoisotopic (exact) mass is 266 g/mol. The van der Waals surface area contributed by atoms with Crippen LogP contribution in [0.4, 0.5) is 0 Å². The van der Waals surface area contributed by atoms with E-state index in [1.54, 1.807) is 0 Å². The van der Waals surface area contributed by atoms with Crippen LogP contribution in [-0.2, 0) is 28.6 Å². The standard InChI is InChI=1S/C9H14O9/c10-1-7(13)16-4-6(18-9(15)3-12)5-17-8(14)2-11/h6,10-12H,1-5H2. The first kappa shape index (κ1) is 16.3. The van der Waals surface area contributed by atoms with Gasteiger partial charge in [-0.1, -0.05) is 0 Å². The Morgan fingerprint density at radius 2 is 1.17 bits per heavy atom. The Labute approximate surface area is 102 Å². The molecule has 0 aromatic carbocycles. The first-order valence-electron chi connectivity index (χ1n) is 4.86. The molecule has 0 atom stereocenters. The van der Waals surface area contributed by atoms with Gasteiger partial charge in [0.1, 0.15) is 33.0 Å². The molecule has 0 saturated carbocycles. The Balaban J connectivity index is 4.19. The van der Waals surface area contributed by atoms with Crippen molar-refractivity contribution in [3.63, 3.8) is 0 Å². The fourth-order valence-electron chi connectivity index (χ4n) is 0.802. The molecule has 0 aliphatic rings. The van der Waals surface area contributed by atoms with Crippen molar-refractivity contribution in [3.8, 4) is 0 Å². The van der Waals surface area contributed by atoms with Crippen molar-refractivity contribution in [1.29, 1.82) is 0 Å². The quantitative estimate of drug-likeness (QED) is 0.309. The number of carbonyl (C=O) groups is 3. The van der Waals surface area contributed by atoms with Gasteiger partial charge in [-0.15, -0.1) is 0 Å². The van der Waals surface area contributed by atoms with Gasteiger partial charge in [0.25, 0.3) is 0 Å². The van der Waals surface area contributed by atoms with E-state index < -0.39 is 57.0 Å². The van der Waals surface area contributed by atoms with Gasteiger partial charge < -0.3 is 29.5 Å². The fraction of sp³-hybridized carbons (Fsp3) is 0.667. The number of carbonyl (C=O) groups excluding carboxylic acids is 3. The number of hydrogen-bond acceptors (Lipinski definition) is 9. The minimum atomic E-state index is -1.13. The molecule has 104 valence electrons. The van der Waals surface area contributed by atoms with Crippen molar-refractivity contribution >= 4 is 17.9 Å². The molecule has 0 heterocycles. The van der Waals surface area contributed by atoms with Crippen LogP contribution in [-0.4, -0.2) is 72.4 Å². The van der Waals surface area contributed by atoms with Gasteiger partial charge in [0, 0.05) is 0 Å². The molecule has 3 N–H and O–H groups in total. The molecule has 0 amide bonds. The molecule has 9 nitrogen and oxygen atoms in total. The van der Waals surface area contributed by atoms with Crippen LogP contribution in [0.5, 0.6) is 0 Å². The third kappa shape index (κ3) is 7.54. The molecule has 0 aliphatic heterocycles. The van der Waals surface area contributed by atoms with Crippen molar-refractivity contribution in [3.05, 3.63) is 0 Å². The maximum atomic E-state index is 10.8. The second-order valence-corrected chi connectivity index (χ2v) is 2.95. The average molecular weight is 266 g/mol. The van der Waals surface area contributed by atoms with Crippen LogP contribution in [0.15, 0.2) is 0 Å². The Morgan fingerprint density at radius 1 is 0.778 bits per heavy atom. The van der Waals surface area contributed by atoms with Crippen LogP contribution in [0.3, 0.4) is 0 Å². The SMILES string of the molecule is O=C(CO)OCC(COC(=O)CO)OC(=O)CO. The molecule has 18 heavy (non-hydrogen) atoms. The summed E-state index contributed by atoms with van der Waals surface area (Å²) in [6, 6.07) is 0. The lowest BCUT2D eigenvalue weighted by atomic mass is 10.4. The van der Waals surface area contributed by atoms with Gasteiger partial charge in [0.05, 0.1) is 0 Å². The van der Waals surface area contributed by atoms with Crippen molar-refractivity contribution in [2.75, 3.05) is 33.0 Å². The molecule has 0 radical (unpaired) electrons. The normalized spacial score (nSPS) is 10.0. The van der Waals surface area contributed by atoms with E-state index in [1.807, 2.05) is 0 Å². The first-order chi connectivity index (χ1) is 8.53. The zero-order chi connectivity index (χ0) is 14.0. The molecular weight excluding hydrogens is 252 g/mol. The minimum absolute atomic E-state index is 0.455. The zero-order valence-electron chi connectivity index (χ0n) is 9.40. The predicted molar refractivity (Wildman–Crippen MR) is 53.1 cm³/mol. The highest BCUT2D eigenvalue weighted by atomic mass is 16.6. The molecular formula is C9H14O9. The first-order valence-corrected chi connectivity index (χ1v) is 4.86. The van der Waals surface area contributed by atoms with E-state index in [-0.39, 0.29) is 0 Å². The summed E-state index contributed by atoms with van der Waals surface area (Å²) in [7, 11) is 0. The molecule has 9 heteroatoms. The molecule has 0 fully saturated rings. The number of aliphatic hydroxyl groups excluding tert-OH is 3. The van der Waals surface area contributed by atoms with E-state index in [0.717, 1.165) is 0 Å². The van der Waals surface area contributed by atoms with Gasteiger partial charge >= 0.3 is 17.9 Å². The van der Waals surface area contributed by atoms with E-state index in [9.17, 15) is 14.4 Å². The average Bonchev–Trinajstić information content (AvgIpc) is 2.40. The molecule has 0 spiro atoms. The maximum Gasteiger partial charge on any atom is 0.332 e. The van der Waals surface area contributed by atoms with Crippen molar-refractivity contribution in [2.24, 2.45) is 0 Å². The Morgan fingerprint density at radius 3 is 1.50 bits per heavy atom. The highest BCUT2D eigenvalue weighted by Gasteiger charge is 2.18. The zero-order valence-corrected chi connectivity index (χ0v) is 9.40. The van der Waals surface area contributed by atoms with Gasteiger partial charge in [0.2, 0.25) is 0 Å². The summed E-state index contributed by atoms with van der Waals surface area (Å²) < 4.78 is 13.5. The summed E-state index contributed by atoms with van der Waals surface area (Å²) in [4.78, 5) is 32.1. The van der Waals surface area contributed by atoms with E-state index in [4.69, 9.17) is 15.3 Å². The molecule has 0 aromatic heterocycles. The molecule has 0 rings (SSSR count). The lowest BCUT2D eigenvalue weighted by Gasteiger charge is -2.16. The largest absolute Gasteiger partial charge is 0.460 e. The van der Waals surface area contributed by atoms with Gasteiger partial charge in [0.15, 0.2) is 6.10 Å². The van der Waals surface area contributed by atoms with Crippen molar-refractivity contribution in [1.82, 2.24) is 0 Å². The predicted octanol–water partition coefficient (Wildman–Crippen LogP) is -3.04. The van der Waals surface area contributed by atoms with E-state index >= 15 is 0 Å². The summed E-state index contributed by atoms with van der Waals surface area (Å²) in [5.74, 6) is -2.90. The number of ether oxygens (including phenoxy) is 3. The fourth-order valence-corrected chi connectivity index (χ4v) is 0.802. The summed E-state index contributed by atoms with van der Waals surface area (Å²) >= 11 is 0. The van der Waals surface area contributed by atoms with E-state index in [2.05, 4.69) is 14.2 Å². The van der Waals surface area contributed by atoms with Crippen LogP contribution >= 0.6 is 0 Å². The van der Waals surface area contributed by atoms with Crippen LogP contribution in [0, 0.1) is 0 Å². The van der Waals surface area contributed by atoms with Gasteiger partial charge in [-0.25, -0.2) is 14.4 Å². The topological polar surface area (TPSA) is 140 Å². The van der Waals surface area contributed by atoms with Gasteiger partial charge in [-0.2, -0.15) is 0 Å². The van der Waals surface area contributed by atoms with Crippen LogP contribution in [0.1, 0.15) is 0 Å². The van der Waals surface area contributed by atoms with Crippen molar-refractivity contribution < 1.29 is 43.9 Å². The smallest absolute Gasteiger partial charge is 0.332 e. The molecule has 0 unspecified atom stereocenters.